The topological polar surface area (TPSA) is 50.8 Å². The number of carbonyl (C=O) groups excluding carboxylic acids is 1. The summed E-state index contributed by atoms with van der Waals surface area (Å²) in [5, 5.41) is 3.55. The van der Waals surface area contributed by atoms with Crippen LogP contribution in [-0.2, 0) is 14.3 Å². The summed E-state index contributed by atoms with van der Waals surface area (Å²) in [6.07, 6.45) is 0. The van der Waals surface area contributed by atoms with Crippen LogP contribution in [0, 0.1) is 0 Å². The molecular weight excluding hydrogens is 328 g/mol. The highest BCUT2D eigenvalue weighted by Gasteiger charge is 2.36. The number of rotatable bonds is 7. The molecule has 2 aromatic rings. The van der Waals surface area contributed by atoms with Gasteiger partial charge in [-0.05, 0) is 24.6 Å². The van der Waals surface area contributed by atoms with Gasteiger partial charge in [0.1, 0.15) is 6.04 Å². The van der Waals surface area contributed by atoms with Gasteiger partial charge in [0.25, 0.3) is 0 Å². The smallest absolute Gasteiger partial charge is 0.325 e. The van der Waals surface area contributed by atoms with E-state index in [2.05, 4.69) is 10.2 Å². The van der Waals surface area contributed by atoms with Crippen LogP contribution >= 0.6 is 0 Å². The summed E-state index contributed by atoms with van der Waals surface area (Å²) in [4.78, 5) is 15.1. The molecule has 2 aromatic carbocycles. The Labute approximate surface area is 154 Å². The van der Waals surface area contributed by atoms with Gasteiger partial charge >= 0.3 is 5.97 Å². The lowest BCUT2D eigenvalue weighted by Crippen LogP contribution is -2.52. The fourth-order valence-electron chi connectivity index (χ4n) is 3.30. The maximum Gasteiger partial charge on any atom is 0.325 e. The van der Waals surface area contributed by atoms with Crippen molar-refractivity contribution in [2.45, 2.75) is 19.0 Å². The predicted molar refractivity (Wildman–Crippen MR) is 102 cm³/mol. The van der Waals surface area contributed by atoms with Crippen LogP contribution in [-0.4, -0.2) is 49.8 Å². The maximum absolute atomic E-state index is 12.9. The molecule has 0 bridgehead atoms. The summed E-state index contributed by atoms with van der Waals surface area (Å²) in [5.41, 5.74) is 2.03. The van der Waals surface area contributed by atoms with Gasteiger partial charge in [-0.2, -0.15) is 0 Å². The molecule has 0 aliphatic carbocycles. The van der Waals surface area contributed by atoms with Crippen LogP contribution in [0.1, 0.15) is 18.5 Å². The Bertz CT molecular complexity index is 672. The number of nitrogens with one attached hydrogen (secondary N) is 1. The standard InChI is InChI=1S/C21H26N2O3/c1-2-26-21(24)20(23-13-15-25-16-14-23)19(17-9-5-3-6-10-17)22-18-11-7-4-8-12-18/h3-12,19-20,22H,2,13-16H2,1H3/t19-,20+/m0/s1. The van der Waals surface area contributed by atoms with Gasteiger partial charge in [-0.3, -0.25) is 9.69 Å². The van der Waals surface area contributed by atoms with Crippen molar-refractivity contribution in [1.29, 1.82) is 0 Å². The number of ether oxygens (including phenoxy) is 2. The van der Waals surface area contributed by atoms with Crippen LogP contribution in [0.25, 0.3) is 0 Å². The number of morpholine rings is 1. The van der Waals surface area contributed by atoms with E-state index in [0.29, 0.717) is 32.9 Å². The van der Waals surface area contributed by atoms with Gasteiger partial charge in [0.15, 0.2) is 0 Å². The van der Waals surface area contributed by atoms with E-state index in [4.69, 9.17) is 9.47 Å². The van der Waals surface area contributed by atoms with E-state index in [-0.39, 0.29) is 12.0 Å². The third-order valence-electron chi connectivity index (χ3n) is 4.54. The number of carbonyl (C=O) groups is 1. The molecule has 5 heteroatoms. The molecule has 3 rings (SSSR count). The Hall–Kier alpha value is -2.37. The van der Waals surface area contributed by atoms with E-state index in [0.717, 1.165) is 11.3 Å². The number of hydrogen-bond donors (Lipinski definition) is 1. The quantitative estimate of drug-likeness (QED) is 0.775. The fraction of sp³-hybridized carbons (Fsp3) is 0.381. The molecule has 0 aromatic heterocycles. The van der Waals surface area contributed by atoms with Crippen molar-refractivity contribution in [3.63, 3.8) is 0 Å². The third-order valence-corrected chi connectivity index (χ3v) is 4.54. The van der Waals surface area contributed by atoms with Crippen molar-refractivity contribution in [3.8, 4) is 0 Å². The number of hydrogen-bond acceptors (Lipinski definition) is 5. The first-order valence-corrected chi connectivity index (χ1v) is 9.14. The molecule has 26 heavy (non-hydrogen) atoms. The van der Waals surface area contributed by atoms with Crippen molar-refractivity contribution in [3.05, 3.63) is 66.2 Å². The average Bonchev–Trinajstić information content (AvgIpc) is 2.70. The van der Waals surface area contributed by atoms with Crippen LogP contribution in [0.2, 0.25) is 0 Å². The van der Waals surface area contributed by atoms with Gasteiger partial charge in [0, 0.05) is 18.8 Å². The van der Waals surface area contributed by atoms with Gasteiger partial charge in [-0.15, -0.1) is 0 Å². The zero-order valence-corrected chi connectivity index (χ0v) is 15.1. The minimum atomic E-state index is -0.415. The van der Waals surface area contributed by atoms with Crippen molar-refractivity contribution in [2.24, 2.45) is 0 Å². The van der Waals surface area contributed by atoms with Gasteiger partial charge in [-0.1, -0.05) is 48.5 Å². The van der Waals surface area contributed by atoms with Crippen LogP contribution in [0.3, 0.4) is 0 Å². The molecule has 5 nitrogen and oxygen atoms in total. The first-order valence-electron chi connectivity index (χ1n) is 9.14. The normalized spacial score (nSPS) is 17.3. The lowest BCUT2D eigenvalue weighted by Gasteiger charge is -2.38. The highest BCUT2D eigenvalue weighted by atomic mass is 16.5. The molecule has 0 spiro atoms. The summed E-state index contributed by atoms with van der Waals surface area (Å²) >= 11 is 0. The maximum atomic E-state index is 12.9. The summed E-state index contributed by atoms with van der Waals surface area (Å²) in [5.74, 6) is -0.202. The van der Waals surface area contributed by atoms with Crippen molar-refractivity contribution in [2.75, 3.05) is 38.2 Å². The number of benzene rings is 2. The monoisotopic (exact) mass is 354 g/mol. The van der Waals surface area contributed by atoms with E-state index < -0.39 is 6.04 Å². The first-order chi connectivity index (χ1) is 12.8. The van der Waals surface area contributed by atoms with E-state index in [1.807, 2.05) is 67.6 Å². The summed E-state index contributed by atoms with van der Waals surface area (Å²) in [7, 11) is 0. The molecule has 0 saturated carbocycles. The molecule has 0 amide bonds. The minimum Gasteiger partial charge on any atom is -0.465 e. The van der Waals surface area contributed by atoms with Crippen molar-refractivity contribution in [1.82, 2.24) is 4.90 Å². The highest BCUT2D eigenvalue weighted by molar-refractivity contribution is 5.78. The molecule has 1 heterocycles. The number of anilines is 1. The molecule has 0 radical (unpaired) electrons. The van der Waals surface area contributed by atoms with Gasteiger partial charge < -0.3 is 14.8 Å². The van der Waals surface area contributed by atoms with Gasteiger partial charge in [0.2, 0.25) is 0 Å². The molecule has 1 N–H and O–H groups in total. The van der Waals surface area contributed by atoms with E-state index in [9.17, 15) is 4.79 Å². The Kier molecular flexibility index (Phi) is 6.63. The van der Waals surface area contributed by atoms with E-state index in [1.54, 1.807) is 0 Å². The second kappa shape index (κ2) is 9.36. The average molecular weight is 354 g/mol. The zero-order valence-electron chi connectivity index (χ0n) is 15.1. The van der Waals surface area contributed by atoms with Gasteiger partial charge in [-0.25, -0.2) is 0 Å². The lowest BCUT2D eigenvalue weighted by atomic mass is 9.97. The zero-order chi connectivity index (χ0) is 18.2. The molecular formula is C21H26N2O3. The molecule has 1 aliphatic rings. The van der Waals surface area contributed by atoms with Crippen molar-refractivity contribution < 1.29 is 14.3 Å². The number of para-hydroxylation sites is 1. The predicted octanol–water partition coefficient (Wildman–Crippen LogP) is 3.10. The number of nitrogens with zero attached hydrogens (tertiary/aromatic N) is 1. The van der Waals surface area contributed by atoms with Crippen LogP contribution in [0.5, 0.6) is 0 Å². The van der Waals surface area contributed by atoms with E-state index >= 15 is 0 Å². The summed E-state index contributed by atoms with van der Waals surface area (Å²) in [6, 6.07) is 19.4. The van der Waals surface area contributed by atoms with E-state index in [1.165, 1.54) is 0 Å². The summed E-state index contributed by atoms with van der Waals surface area (Å²) in [6.45, 7) is 4.89. The second-order valence-electron chi connectivity index (χ2n) is 6.24. The second-order valence-corrected chi connectivity index (χ2v) is 6.24. The van der Waals surface area contributed by atoms with Crippen LogP contribution < -0.4 is 5.32 Å². The van der Waals surface area contributed by atoms with Crippen molar-refractivity contribution >= 4 is 11.7 Å². The fourth-order valence-corrected chi connectivity index (χ4v) is 3.30. The number of esters is 1. The molecule has 2 atom stereocenters. The molecule has 138 valence electrons. The minimum absolute atomic E-state index is 0.202. The molecule has 0 unspecified atom stereocenters. The Morgan fingerprint density at radius 3 is 2.31 bits per heavy atom. The largest absolute Gasteiger partial charge is 0.465 e. The molecule has 1 fully saturated rings. The molecule has 1 saturated heterocycles. The summed E-state index contributed by atoms with van der Waals surface area (Å²) < 4.78 is 10.9. The Morgan fingerprint density at radius 1 is 1.08 bits per heavy atom. The molecule has 1 aliphatic heterocycles. The third kappa shape index (κ3) is 4.62. The van der Waals surface area contributed by atoms with Crippen LogP contribution in [0.15, 0.2) is 60.7 Å². The highest BCUT2D eigenvalue weighted by Crippen LogP contribution is 2.27. The Balaban J connectivity index is 1.95. The van der Waals surface area contributed by atoms with Crippen LogP contribution in [0.4, 0.5) is 5.69 Å². The Morgan fingerprint density at radius 2 is 1.69 bits per heavy atom. The first kappa shape index (κ1) is 18.4. The SMILES string of the molecule is CCOC(=O)[C@@H]([C@@H](Nc1ccccc1)c1ccccc1)N1CCOCC1. The lowest BCUT2D eigenvalue weighted by molar-refractivity contribution is -0.152. The van der Waals surface area contributed by atoms with Gasteiger partial charge in [0.05, 0.1) is 25.9 Å².